The monoisotopic (exact) mass is 125 g/mol. The number of hydrogen-bond donors (Lipinski definition) is 3. The Morgan fingerprint density at radius 2 is 1.14 bits per heavy atom. The lowest BCUT2D eigenvalue weighted by molar-refractivity contribution is 0.0946. The van der Waals surface area contributed by atoms with Gasteiger partial charge in [0.05, 0.1) is 0 Å². The Balaban J connectivity index is 2.99. The third-order valence-electron chi connectivity index (χ3n) is 0.333. The molecule has 0 spiro atoms. The molecule has 6 N–H and O–H groups in total. The fraction of sp³-hybridized carbons (Fsp3) is 0. The van der Waals surface area contributed by atoms with Crippen molar-refractivity contribution in [2.45, 2.75) is 0 Å². The zero-order valence-corrected chi connectivity index (χ0v) is 4.69. The van der Waals surface area contributed by atoms with Gasteiger partial charge in [0.15, 0.2) is 0 Å². The van der Waals surface area contributed by atoms with E-state index in [4.69, 9.17) is 0 Å². The number of nitrogens with two attached hydrogens (primary N) is 3. The van der Waals surface area contributed by atoms with Crippen molar-refractivity contribution in [3.63, 3.8) is 0 Å². The van der Waals surface area contributed by atoms with Crippen molar-refractivity contribution < 1.29 is 13.6 Å². The van der Waals surface area contributed by atoms with Crippen molar-refractivity contribution in [2.24, 2.45) is 17.7 Å². The molecule has 6 nitrogen and oxygen atoms in total. The molecule has 0 saturated heterocycles. The fourth-order valence-corrected chi connectivity index (χ4v) is 0.289. The van der Waals surface area contributed by atoms with E-state index in [1.54, 1.807) is 0 Å². The van der Waals surface area contributed by atoms with Crippen LogP contribution in [0.1, 0.15) is 0 Å². The van der Waals surface area contributed by atoms with E-state index in [9.17, 15) is 0 Å². The summed E-state index contributed by atoms with van der Waals surface area (Å²) in [4.78, 5) is 0. The van der Waals surface area contributed by atoms with Gasteiger partial charge in [-0.1, -0.05) is 0 Å². The second-order valence-electron chi connectivity index (χ2n) is 0.697. The summed E-state index contributed by atoms with van der Waals surface area (Å²) >= 11 is 0. The van der Waals surface area contributed by atoms with Crippen LogP contribution >= 0.6 is 0 Å². The van der Waals surface area contributed by atoms with Crippen molar-refractivity contribution in [3.05, 3.63) is 0 Å². The molecule has 0 amide bonds. The predicted molar refractivity (Wildman–Crippen MR) is 23.0 cm³/mol. The summed E-state index contributed by atoms with van der Waals surface area (Å²) in [5.74, 6) is 13.6. The van der Waals surface area contributed by atoms with Gasteiger partial charge in [-0.15, -0.1) is 0 Å². The smallest absolute Gasteiger partial charge is 0.292 e. The first-order valence-corrected chi connectivity index (χ1v) is 2.83. The van der Waals surface area contributed by atoms with E-state index in [1.807, 2.05) is 0 Å². The van der Waals surface area contributed by atoms with E-state index in [0.29, 0.717) is 0 Å². The van der Waals surface area contributed by atoms with Crippen LogP contribution in [0.3, 0.4) is 0 Å². The highest BCUT2D eigenvalue weighted by Crippen LogP contribution is 1.73. The standard InChI is InChI=1S/H7N3O3Si/c1-4-7(5-2)6-3/h7H,1-3H2. The first-order valence-electron chi connectivity index (χ1n) is 1.41. The third kappa shape index (κ3) is 2.65. The Morgan fingerprint density at radius 1 is 0.857 bits per heavy atom. The summed E-state index contributed by atoms with van der Waals surface area (Å²) in [5.41, 5.74) is 0. The second-order valence-corrected chi connectivity index (χ2v) is 2.09. The maximum atomic E-state index is 4.55. The summed E-state index contributed by atoms with van der Waals surface area (Å²) < 4.78 is 12.0. The van der Waals surface area contributed by atoms with Crippen LogP contribution in [0.15, 0.2) is 0 Å². The topological polar surface area (TPSA) is 106 Å². The summed E-state index contributed by atoms with van der Waals surface area (Å²) in [6.07, 6.45) is 0. The molecule has 7 heavy (non-hydrogen) atoms. The Morgan fingerprint density at radius 3 is 1.14 bits per heavy atom. The van der Waals surface area contributed by atoms with Gasteiger partial charge in [0.1, 0.15) is 0 Å². The maximum Gasteiger partial charge on any atom is 0.534 e. The van der Waals surface area contributed by atoms with Gasteiger partial charge in [0, 0.05) is 0 Å². The minimum atomic E-state index is -2.34. The van der Waals surface area contributed by atoms with Gasteiger partial charge >= 0.3 is 9.53 Å². The zero-order chi connectivity index (χ0) is 5.70. The first-order chi connectivity index (χ1) is 3.35. The van der Waals surface area contributed by atoms with Crippen molar-refractivity contribution in [3.8, 4) is 0 Å². The third-order valence-corrected chi connectivity index (χ3v) is 1.00. The Bertz CT molecular complexity index is 31.7. The van der Waals surface area contributed by atoms with Crippen LogP contribution in [0.25, 0.3) is 0 Å². The normalized spacial score (nSPS) is 10.3. The maximum absolute atomic E-state index is 4.55. The van der Waals surface area contributed by atoms with Gasteiger partial charge in [0.2, 0.25) is 0 Å². The highest BCUT2D eigenvalue weighted by molar-refractivity contribution is 6.35. The molecule has 0 rings (SSSR count). The molecule has 0 heterocycles. The average Bonchev–Trinajstić information content (AvgIpc) is 1.72. The number of hydrogen-bond acceptors (Lipinski definition) is 6. The van der Waals surface area contributed by atoms with Gasteiger partial charge in [-0.2, -0.15) is 0 Å². The van der Waals surface area contributed by atoms with Crippen LogP contribution in [-0.2, 0) is 13.6 Å². The molecule has 0 saturated carbocycles. The largest absolute Gasteiger partial charge is 0.534 e. The van der Waals surface area contributed by atoms with E-state index in [0.717, 1.165) is 0 Å². The molecule has 44 valence electrons. The fourth-order valence-electron chi connectivity index (χ4n) is 0.0962. The highest BCUT2D eigenvalue weighted by atomic mass is 28.3. The SMILES string of the molecule is NO[SiH](ON)ON. The Labute approximate surface area is 41.9 Å². The van der Waals surface area contributed by atoms with Crippen LogP contribution in [0.4, 0.5) is 0 Å². The van der Waals surface area contributed by atoms with Crippen LogP contribution in [0.5, 0.6) is 0 Å². The van der Waals surface area contributed by atoms with E-state index in [1.165, 1.54) is 0 Å². The summed E-state index contributed by atoms with van der Waals surface area (Å²) in [7, 11) is -2.34. The van der Waals surface area contributed by atoms with Gasteiger partial charge in [-0.05, 0) is 0 Å². The van der Waals surface area contributed by atoms with Crippen molar-refractivity contribution in [2.75, 3.05) is 0 Å². The molecular weight excluding hydrogens is 118 g/mol. The van der Waals surface area contributed by atoms with Crippen LogP contribution in [0.2, 0.25) is 0 Å². The minimum absolute atomic E-state index is 2.34. The lowest BCUT2D eigenvalue weighted by Crippen LogP contribution is -2.35. The van der Waals surface area contributed by atoms with Crippen molar-refractivity contribution >= 4 is 9.53 Å². The highest BCUT2D eigenvalue weighted by Gasteiger charge is 2.08. The minimum Gasteiger partial charge on any atom is -0.292 e. The van der Waals surface area contributed by atoms with Gasteiger partial charge in [-0.3, -0.25) is 13.6 Å². The van der Waals surface area contributed by atoms with Crippen LogP contribution < -0.4 is 17.7 Å². The molecule has 0 fully saturated rings. The molecule has 0 radical (unpaired) electrons. The predicted octanol–water partition coefficient (Wildman–Crippen LogP) is -2.63. The molecule has 0 aliphatic rings. The zero-order valence-electron chi connectivity index (χ0n) is 3.53. The van der Waals surface area contributed by atoms with Gasteiger partial charge < -0.3 is 0 Å². The van der Waals surface area contributed by atoms with Crippen LogP contribution in [0, 0.1) is 0 Å². The van der Waals surface area contributed by atoms with E-state index >= 15 is 0 Å². The lowest BCUT2D eigenvalue weighted by atomic mass is 13.6. The molecule has 0 atom stereocenters. The lowest BCUT2D eigenvalue weighted by Gasteiger charge is -2.02. The molecule has 0 aromatic rings. The quantitative estimate of drug-likeness (QED) is 0.281. The van der Waals surface area contributed by atoms with Gasteiger partial charge in [0.25, 0.3) is 0 Å². The molecule has 0 aromatic heterocycles. The Kier molecular flexibility index (Phi) is 4.13. The summed E-state index contributed by atoms with van der Waals surface area (Å²) in [5, 5.41) is 0. The molecule has 0 aromatic carbocycles. The van der Waals surface area contributed by atoms with Gasteiger partial charge in [-0.25, -0.2) is 17.7 Å². The van der Waals surface area contributed by atoms with Crippen LogP contribution in [-0.4, -0.2) is 9.53 Å². The molecule has 0 aliphatic heterocycles. The molecular formula is H7N3O3Si. The van der Waals surface area contributed by atoms with Crippen molar-refractivity contribution in [1.82, 2.24) is 0 Å². The summed E-state index contributed by atoms with van der Waals surface area (Å²) in [6, 6.07) is 0. The first kappa shape index (κ1) is 6.98. The molecule has 0 aliphatic carbocycles. The number of rotatable bonds is 3. The van der Waals surface area contributed by atoms with Crippen molar-refractivity contribution in [1.29, 1.82) is 0 Å². The molecule has 0 unspecified atom stereocenters. The molecule has 0 bridgehead atoms. The molecule has 7 heteroatoms. The average molecular weight is 125 g/mol. The Hall–Kier alpha value is -0.0231. The second kappa shape index (κ2) is 4.14. The van der Waals surface area contributed by atoms with E-state index in [2.05, 4.69) is 31.3 Å². The van der Waals surface area contributed by atoms with E-state index in [-0.39, 0.29) is 0 Å². The summed E-state index contributed by atoms with van der Waals surface area (Å²) in [6.45, 7) is 0. The van der Waals surface area contributed by atoms with E-state index < -0.39 is 9.53 Å².